The number of aliphatic hydroxyl groups excluding tert-OH is 1. The van der Waals surface area contributed by atoms with Crippen molar-refractivity contribution in [1.82, 2.24) is 9.80 Å². The quantitative estimate of drug-likeness (QED) is 0.335. The molecular weight excluding hydrogens is 578 g/mol. The molecule has 0 radical (unpaired) electrons. The van der Waals surface area contributed by atoms with E-state index in [0.717, 1.165) is 18.7 Å². The highest BCUT2D eigenvalue weighted by Gasteiger charge is 2.57. The van der Waals surface area contributed by atoms with Crippen LogP contribution in [0.25, 0.3) is 0 Å². The molecule has 0 bridgehead atoms. The van der Waals surface area contributed by atoms with E-state index in [1.807, 2.05) is 0 Å². The summed E-state index contributed by atoms with van der Waals surface area (Å²) in [6.07, 6.45) is 10.5. The lowest BCUT2D eigenvalue weighted by atomic mass is 9.62. The minimum atomic E-state index is 0.318. The molecule has 28 heavy (non-hydrogen) atoms. The largest absolute Gasteiger partial charge is 0.396 e. The standard InChI is InChI=1S/C11H19NO.C11H21NO.I2/c1-10-4-3-9(10)12(2)6-5-11(7-10)8-13-11;1-11-5-3-10(11)12(2)6-4-9(7-11)8-13;1-2/h9H,3-8H2,1-2H3;9-10,13H,3-8H2,1-2H3;. The first-order valence-corrected chi connectivity index (χ1v) is 17.4. The summed E-state index contributed by atoms with van der Waals surface area (Å²) in [6.45, 7) is 8.67. The van der Waals surface area contributed by atoms with Gasteiger partial charge in [-0.1, -0.05) is 13.8 Å². The van der Waals surface area contributed by atoms with Crippen LogP contribution in [0.1, 0.15) is 65.2 Å². The highest BCUT2D eigenvalue weighted by molar-refractivity contribution is 15.0. The number of halogens is 2. The Morgan fingerprint density at radius 2 is 1.50 bits per heavy atom. The zero-order valence-electron chi connectivity index (χ0n) is 18.2. The maximum atomic E-state index is 9.23. The Morgan fingerprint density at radius 1 is 0.929 bits per heavy atom. The molecule has 2 aliphatic carbocycles. The molecule has 6 heteroatoms. The van der Waals surface area contributed by atoms with E-state index < -0.39 is 0 Å². The van der Waals surface area contributed by atoms with Crippen LogP contribution in [0.15, 0.2) is 0 Å². The van der Waals surface area contributed by atoms with Crippen molar-refractivity contribution in [3.8, 4) is 0 Å². The van der Waals surface area contributed by atoms with Crippen LogP contribution < -0.4 is 0 Å². The Bertz CT molecular complexity index is 533. The van der Waals surface area contributed by atoms with Gasteiger partial charge in [0.1, 0.15) is 0 Å². The van der Waals surface area contributed by atoms with E-state index in [0.29, 0.717) is 29.0 Å². The van der Waals surface area contributed by atoms with Gasteiger partial charge in [-0.2, -0.15) is 0 Å². The average Bonchev–Trinajstić information content (AvgIpc) is 3.43. The molecule has 0 aromatic carbocycles. The molecule has 3 aliphatic heterocycles. The van der Waals surface area contributed by atoms with E-state index in [2.05, 4.69) is 75.0 Å². The van der Waals surface area contributed by atoms with Crippen LogP contribution in [-0.2, 0) is 4.74 Å². The Labute approximate surface area is 195 Å². The van der Waals surface area contributed by atoms with E-state index in [1.165, 1.54) is 64.5 Å². The van der Waals surface area contributed by atoms with Crippen molar-refractivity contribution in [1.29, 1.82) is 0 Å². The van der Waals surface area contributed by atoms with Crippen molar-refractivity contribution in [3.63, 3.8) is 0 Å². The van der Waals surface area contributed by atoms with Crippen molar-refractivity contribution in [2.45, 2.75) is 82.9 Å². The fourth-order valence-corrected chi connectivity index (χ4v) is 6.65. The highest BCUT2D eigenvalue weighted by Crippen LogP contribution is 2.55. The molecule has 5 rings (SSSR count). The molecule has 6 atom stereocenters. The number of hydrogen-bond donors (Lipinski definition) is 1. The summed E-state index contributed by atoms with van der Waals surface area (Å²) in [5.41, 5.74) is 1.40. The number of nitrogens with zero attached hydrogens (tertiary/aromatic N) is 2. The van der Waals surface area contributed by atoms with Crippen LogP contribution in [0.2, 0.25) is 0 Å². The Morgan fingerprint density at radius 3 is 2.00 bits per heavy atom. The summed E-state index contributed by atoms with van der Waals surface area (Å²) in [7, 11) is 4.52. The third kappa shape index (κ3) is 4.87. The number of likely N-dealkylation sites (tertiary alicyclic amines) is 2. The fraction of sp³-hybridized carbons (Fsp3) is 1.00. The fourth-order valence-electron chi connectivity index (χ4n) is 6.65. The van der Waals surface area contributed by atoms with Crippen molar-refractivity contribution in [2.75, 3.05) is 40.4 Å². The van der Waals surface area contributed by atoms with Crippen LogP contribution in [0.5, 0.6) is 0 Å². The summed E-state index contributed by atoms with van der Waals surface area (Å²) in [5, 5.41) is 9.23. The third-order valence-electron chi connectivity index (χ3n) is 8.75. The molecule has 3 saturated heterocycles. The van der Waals surface area contributed by atoms with Crippen LogP contribution in [0.4, 0.5) is 0 Å². The highest BCUT2D eigenvalue weighted by atomic mass is 128. The smallest absolute Gasteiger partial charge is 0.0934 e. The molecular formula is C22H40I2N2O2. The van der Waals surface area contributed by atoms with Crippen LogP contribution in [0.3, 0.4) is 0 Å². The summed E-state index contributed by atoms with van der Waals surface area (Å²) >= 11 is 4.24. The maximum Gasteiger partial charge on any atom is 0.0934 e. The first kappa shape index (κ1) is 24.0. The van der Waals surface area contributed by atoms with Gasteiger partial charge in [-0.15, -0.1) is 0 Å². The molecule has 5 fully saturated rings. The molecule has 6 unspecified atom stereocenters. The second-order valence-electron chi connectivity index (χ2n) is 10.8. The molecule has 164 valence electrons. The number of hydrogen-bond acceptors (Lipinski definition) is 4. The van der Waals surface area contributed by atoms with Gasteiger partial charge >= 0.3 is 0 Å². The second kappa shape index (κ2) is 9.43. The molecule has 2 saturated carbocycles. The number of epoxide rings is 1. The number of ether oxygens (including phenoxy) is 1. The van der Waals surface area contributed by atoms with Crippen molar-refractivity contribution in [3.05, 3.63) is 0 Å². The summed E-state index contributed by atoms with van der Waals surface area (Å²) < 4.78 is 5.66. The minimum absolute atomic E-state index is 0.318. The van der Waals surface area contributed by atoms with Gasteiger partial charge in [0.2, 0.25) is 0 Å². The SMILES string of the molecule is CN1CCC(CO)CC2(C)CCC12.CN1CCC2(CO2)CC2(C)CCC12.II. The minimum Gasteiger partial charge on any atom is -0.396 e. The zero-order chi connectivity index (χ0) is 20.6. The Hall–Kier alpha value is 1.30. The van der Waals surface area contributed by atoms with Crippen molar-refractivity contribution in [2.24, 2.45) is 16.7 Å². The molecule has 0 amide bonds. The lowest BCUT2D eigenvalue weighted by Crippen LogP contribution is -2.51. The molecule has 3 heterocycles. The Balaban J connectivity index is 0.000000148. The van der Waals surface area contributed by atoms with Crippen LogP contribution >= 0.6 is 37.2 Å². The molecule has 0 aromatic heterocycles. The predicted octanol–water partition coefficient (Wildman–Crippen LogP) is 4.91. The second-order valence-corrected chi connectivity index (χ2v) is 10.8. The van der Waals surface area contributed by atoms with Gasteiger partial charge in [0.15, 0.2) is 0 Å². The maximum absolute atomic E-state index is 9.23. The lowest BCUT2D eigenvalue weighted by molar-refractivity contribution is 0.00132. The summed E-state index contributed by atoms with van der Waals surface area (Å²) in [6, 6.07) is 1.64. The molecule has 4 nitrogen and oxygen atoms in total. The topological polar surface area (TPSA) is 39.2 Å². The van der Waals surface area contributed by atoms with Gasteiger partial charge in [0, 0.05) is 62.5 Å². The lowest BCUT2D eigenvalue weighted by Gasteiger charge is -2.50. The monoisotopic (exact) mass is 618 g/mol. The predicted molar refractivity (Wildman–Crippen MR) is 133 cm³/mol. The number of rotatable bonds is 1. The molecule has 1 spiro atoms. The van der Waals surface area contributed by atoms with E-state index in [1.54, 1.807) is 0 Å². The first-order valence-electron chi connectivity index (χ1n) is 11.1. The first-order chi connectivity index (χ1) is 13.3. The van der Waals surface area contributed by atoms with Gasteiger partial charge in [-0.3, -0.25) is 0 Å². The van der Waals surface area contributed by atoms with E-state index in [9.17, 15) is 5.11 Å². The van der Waals surface area contributed by atoms with Crippen LogP contribution in [0, 0.1) is 16.7 Å². The zero-order valence-corrected chi connectivity index (χ0v) is 22.5. The van der Waals surface area contributed by atoms with Gasteiger partial charge in [-0.05, 0) is 88.8 Å². The third-order valence-corrected chi connectivity index (χ3v) is 8.75. The van der Waals surface area contributed by atoms with Gasteiger partial charge < -0.3 is 19.6 Å². The molecule has 5 aliphatic rings. The van der Waals surface area contributed by atoms with E-state index in [4.69, 9.17) is 4.74 Å². The number of aliphatic hydroxyl groups is 1. The van der Waals surface area contributed by atoms with Gasteiger partial charge in [0.05, 0.1) is 12.2 Å². The van der Waals surface area contributed by atoms with E-state index in [-0.39, 0.29) is 0 Å². The number of fused-ring (bicyclic) bond motifs is 2. The van der Waals surface area contributed by atoms with Gasteiger partial charge in [-0.25, -0.2) is 0 Å². The van der Waals surface area contributed by atoms with Crippen LogP contribution in [-0.4, -0.2) is 73.0 Å². The summed E-state index contributed by atoms with van der Waals surface area (Å²) in [5.74, 6) is 0.553. The van der Waals surface area contributed by atoms with Crippen molar-refractivity contribution < 1.29 is 9.84 Å². The molecule has 0 aromatic rings. The van der Waals surface area contributed by atoms with Gasteiger partial charge in [0.25, 0.3) is 0 Å². The Kier molecular flexibility index (Phi) is 8.06. The van der Waals surface area contributed by atoms with Crippen molar-refractivity contribution >= 4 is 37.2 Å². The molecule has 1 N–H and O–H groups in total. The summed E-state index contributed by atoms with van der Waals surface area (Å²) in [4.78, 5) is 5.05. The normalized spacial score (nSPS) is 47.5. The van der Waals surface area contributed by atoms with E-state index >= 15 is 0 Å². The average molecular weight is 618 g/mol.